The lowest BCUT2D eigenvalue weighted by Crippen LogP contribution is -2.34. The maximum absolute atomic E-state index is 5.44. The van der Waals surface area contributed by atoms with Gasteiger partial charge in [-0.1, -0.05) is 18.7 Å². The lowest BCUT2D eigenvalue weighted by atomic mass is 9.93. The molecule has 1 N–H and O–H groups in total. The minimum absolute atomic E-state index is 0.111. The lowest BCUT2D eigenvalue weighted by molar-refractivity contribution is 0.0624. The molecule has 6 heteroatoms. The monoisotopic (exact) mass is 280 g/mol. The Kier molecular flexibility index (Phi) is 3.54. The van der Waals surface area contributed by atoms with E-state index in [4.69, 9.17) is 9.73 Å². The van der Waals surface area contributed by atoms with E-state index in [0.717, 1.165) is 54.8 Å². The standard InChI is InChI=1S/C13H20N4OS/c1-3-10-11(8-17(2)16-10)14-12-15-13(9-19-12)4-6-18-7-5-13/h8H,3-7,9H2,1-2H3,(H,14,15). The summed E-state index contributed by atoms with van der Waals surface area (Å²) in [5.41, 5.74) is 2.29. The second kappa shape index (κ2) is 5.17. The molecular weight excluding hydrogens is 260 g/mol. The van der Waals surface area contributed by atoms with Gasteiger partial charge in [-0.3, -0.25) is 9.67 Å². The van der Waals surface area contributed by atoms with E-state index in [0.29, 0.717) is 0 Å². The number of hydrogen-bond donors (Lipinski definition) is 1. The van der Waals surface area contributed by atoms with Crippen molar-refractivity contribution in [2.45, 2.75) is 31.7 Å². The molecule has 3 heterocycles. The molecule has 1 saturated heterocycles. The Balaban J connectivity index is 1.75. The van der Waals surface area contributed by atoms with Gasteiger partial charge in [-0.15, -0.1) is 0 Å². The van der Waals surface area contributed by atoms with E-state index < -0.39 is 0 Å². The number of amidine groups is 1. The van der Waals surface area contributed by atoms with Crippen molar-refractivity contribution in [2.24, 2.45) is 12.0 Å². The van der Waals surface area contributed by atoms with Crippen LogP contribution in [0.1, 0.15) is 25.5 Å². The molecule has 5 nitrogen and oxygen atoms in total. The van der Waals surface area contributed by atoms with E-state index in [-0.39, 0.29) is 5.54 Å². The largest absolute Gasteiger partial charge is 0.381 e. The zero-order chi connectivity index (χ0) is 13.3. The molecule has 1 aromatic rings. The molecule has 3 rings (SSSR count). The number of thioether (sulfide) groups is 1. The van der Waals surface area contributed by atoms with Gasteiger partial charge >= 0.3 is 0 Å². The van der Waals surface area contributed by atoms with E-state index >= 15 is 0 Å². The molecule has 2 aliphatic rings. The van der Waals surface area contributed by atoms with Crippen molar-refractivity contribution in [3.63, 3.8) is 0 Å². The number of aromatic nitrogens is 2. The Labute approximate surface area is 117 Å². The maximum atomic E-state index is 5.44. The Hall–Kier alpha value is -1.01. The number of nitrogens with one attached hydrogen (secondary N) is 1. The molecular formula is C13H20N4OS. The highest BCUT2D eigenvalue weighted by molar-refractivity contribution is 8.14. The molecule has 1 fully saturated rings. The van der Waals surface area contributed by atoms with Crippen molar-refractivity contribution in [2.75, 3.05) is 24.3 Å². The topological polar surface area (TPSA) is 51.4 Å². The SMILES string of the molecule is CCc1nn(C)cc1NC1=NC2(CCOCC2)CS1. The Morgan fingerprint density at radius 2 is 2.26 bits per heavy atom. The second-order valence-corrected chi connectivity index (χ2v) is 6.15. The molecule has 1 spiro atoms. The predicted molar refractivity (Wildman–Crippen MR) is 78.9 cm³/mol. The number of anilines is 1. The lowest BCUT2D eigenvalue weighted by Gasteiger charge is -2.29. The third kappa shape index (κ3) is 2.65. The van der Waals surface area contributed by atoms with E-state index in [9.17, 15) is 0 Å². The second-order valence-electron chi connectivity index (χ2n) is 5.18. The summed E-state index contributed by atoms with van der Waals surface area (Å²) in [5.74, 6) is 1.07. The highest BCUT2D eigenvalue weighted by Crippen LogP contribution is 2.36. The Morgan fingerprint density at radius 3 is 3.00 bits per heavy atom. The van der Waals surface area contributed by atoms with Gasteiger partial charge < -0.3 is 10.1 Å². The molecule has 0 aliphatic carbocycles. The number of ether oxygens (including phenoxy) is 1. The third-order valence-electron chi connectivity index (χ3n) is 3.72. The highest BCUT2D eigenvalue weighted by atomic mass is 32.2. The van der Waals surface area contributed by atoms with Crippen LogP contribution < -0.4 is 5.32 Å². The van der Waals surface area contributed by atoms with Crippen molar-refractivity contribution in [3.8, 4) is 0 Å². The van der Waals surface area contributed by atoms with Gasteiger partial charge in [0.1, 0.15) is 0 Å². The molecule has 0 unspecified atom stereocenters. The fourth-order valence-electron chi connectivity index (χ4n) is 2.57. The molecule has 0 radical (unpaired) electrons. The first-order valence-electron chi connectivity index (χ1n) is 6.81. The molecule has 19 heavy (non-hydrogen) atoms. The molecule has 2 aliphatic heterocycles. The summed E-state index contributed by atoms with van der Waals surface area (Å²) in [5, 5.41) is 8.92. The van der Waals surface area contributed by atoms with E-state index in [1.165, 1.54) is 0 Å². The number of hydrogen-bond acceptors (Lipinski definition) is 5. The van der Waals surface area contributed by atoms with Gasteiger partial charge in [0, 0.05) is 32.2 Å². The molecule has 0 saturated carbocycles. The summed E-state index contributed by atoms with van der Waals surface area (Å²) < 4.78 is 7.29. The summed E-state index contributed by atoms with van der Waals surface area (Å²) in [7, 11) is 1.95. The highest BCUT2D eigenvalue weighted by Gasteiger charge is 2.37. The first kappa shape index (κ1) is 13.0. The number of aryl methyl sites for hydroxylation is 2. The van der Waals surface area contributed by atoms with Crippen molar-refractivity contribution in [1.82, 2.24) is 9.78 Å². The average molecular weight is 280 g/mol. The summed E-state index contributed by atoms with van der Waals surface area (Å²) in [4.78, 5) is 4.91. The third-order valence-corrected chi connectivity index (χ3v) is 4.87. The van der Waals surface area contributed by atoms with Crippen molar-refractivity contribution in [3.05, 3.63) is 11.9 Å². The number of nitrogens with zero attached hydrogens (tertiary/aromatic N) is 3. The van der Waals surface area contributed by atoms with Gasteiger partial charge in [-0.05, 0) is 19.3 Å². The Morgan fingerprint density at radius 1 is 1.47 bits per heavy atom. The van der Waals surface area contributed by atoms with Crippen LogP contribution in [0, 0.1) is 0 Å². The van der Waals surface area contributed by atoms with E-state index in [1.807, 2.05) is 29.7 Å². The molecule has 104 valence electrons. The van der Waals surface area contributed by atoms with Gasteiger partial charge in [0.2, 0.25) is 0 Å². The molecule has 0 atom stereocenters. The van der Waals surface area contributed by atoms with Crippen LogP contribution >= 0.6 is 11.8 Å². The minimum Gasteiger partial charge on any atom is -0.381 e. The molecule has 1 aromatic heterocycles. The van der Waals surface area contributed by atoms with Gasteiger partial charge in [-0.25, -0.2) is 0 Å². The molecule has 0 amide bonds. The van der Waals surface area contributed by atoms with Crippen LogP contribution in [0.4, 0.5) is 5.69 Å². The van der Waals surface area contributed by atoms with Crippen LogP contribution in [0.15, 0.2) is 11.2 Å². The van der Waals surface area contributed by atoms with E-state index in [2.05, 4.69) is 17.3 Å². The summed E-state index contributed by atoms with van der Waals surface area (Å²) >= 11 is 1.82. The van der Waals surface area contributed by atoms with Crippen LogP contribution in [-0.2, 0) is 18.2 Å². The summed E-state index contributed by atoms with van der Waals surface area (Å²) in [6.07, 6.45) is 5.04. The van der Waals surface area contributed by atoms with E-state index in [1.54, 1.807) is 0 Å². The number of aliphatic imine (C=N–C) groups is 1. The zero-order valence-electron chi connectivity index (χ0n) is 11.5. The van der Waals surface area contributed by atoms with Gasteiger partial charge in [0.05, 0.1) is 16.9 Å². The van der Waals surface area contributed by atoms with Crippen LogP contribution in [0.25, 0.3) is 0 Å². The predicted octanol–water partition coefficient (Wildman–Crippen LogP) is 2.05. The van der Waals surface area contributed by atoms with Gasteiger partial charge in [0.25, 0.3) is 0 Å². The average Bonchev–Trinajstić information content (AvgIpc) is 2.95. The van der Waals surface area contributed by atoms with Crippen LogP contribution in [0.5, 0.6) is 0 Å². The maximum Gasteiger partial charge on any atom is 0.161 e. The first-order valence-corrected chi connectivity index (χ1v) is 7.79. The molecule has 0 bridgehead atoms. The van der Waals surface area contributed by atoms with Crippen molar-refractivity contribution >= 4 is 22.6 Å². The summed E-state index contributed by atoms with van der Waals surface area (Å²) in [6.45, 7) is 3.80. The Bertz CT molecular complexity index is 491. The van der Waals surface area contributed by atoms with Crippen molar-refractivity contribution in [1.29, 1.82) is 0 Å². The van der Waals surface area contributed by atoms with Crippen molar-refractivity contribution < 1.29 is 4.74 Å². The fraction of sp³-hybridized carbons (Fsp3) is 0.692. The van der Waals surface area contributed by atoms with Gasteiger partial charge in [0.15, 0.2) is 5.17 Å². The smallest absolute Gasteiger partial charge is 0.161 e. The molecule has 0 aromatic carbocycles. The first-order chi connectivity index (χ1) is 9.21. The zero-order valence-corrected chi connectivity index (χ0v) is 12.3. The summed E-state index contributed by atoms with van der Waals surface area (Å²) in [6, 6.07) is 0. The van der Waals surface area contributed by atoms with Crippen LogP contribution in [0.2, 0.25) is 0 Å². The van der Waals surface area contributed by atoms with Crippen LogP contribution in [-0.4, -0.2) is 39.5 Å². The fourth-order valence-corrected chi connectivity index (χ4v) is 3.77. The normalized spacial score (nSPS) is 21.7. The minimum atomic E-state index is 0.111. The quantitative estimate of drug-likeness (QED) is 0.901. The number of rotatable bonds is 2. The van der Waals surface area contributed by atoms with Crippen LogP contribution in [0.3, 0.4) is 0 Å². The van der Waals surface area contributed by atoms with Gasteiger partial charge in [-0.2, -0.15) is 5.10 Å².